The number of carbonyl (C=O) groups is 2. The molecule has 0 amide bonds. The Morgan fingerprint density at radius 3 is 2.33 bits per heavy atom. The fourth-order valence-electron chi connectivity index (χ4n) is 10.2. The summed E-state index contributed by atoms with van der Waals surface area (Å²) in [6, 6.07) is 2.18. The second kappa shape index (κ2) is 8.88. The molecule has 7 heteroatoms. The van der Waals surface area contributed by atoms with Gasteiger partial charge in [0.15, 0.2) is 11.6 Å². The molecule has 5 aliphatic carbocycles. The lowest BCUT2D eigenvalue weighted by molar-refractivity contribution is -0.212. The zero-order valence-corrected chi connectivity index (χ0v) is 24.9. The zero-order valence-electron chi connectivity index (χ0n) is 24.9. The monoisotopic (exact) mass is 535 g/mol. The average molecular weight is 536 g/mol. The number of fused-ring (bicyclic) bond motifs is 7. The maximum Gasteiger partial charge on any atom is 0.453 e. The summed E-state index contributed by atoms with van der Waals surface area (Å²) >= 11 is 0. The Morgan fingerprint density at radius 2 is 1.69 bits per heavy atom. The first-order chi connectivity index (χ1) is 18.0. The number of carbonyl (C=O) groups excluding carboxylic acids is 2. The van der Waals surface area contributed by atoms with Gasteiger partial charge in [-0.2, -0.15) is 5.26 Å². The summed E-state index contributed by atoms with van der Waals surface area (Å²) in [6.45, 7) is 15.6. The van der Waals surface area contributed by atoms with Crippen molar-refractivity contribution in [2.75, 3.05) is 6.61 Å². The predicted octanol–water partition coefficient (Wildman–Crippen LogP) is 5.45. The highest BCUT2D eigenvalue weighted by Crippen LogP contribution is 2.73. The number of Topliss-reactive ketones (excluding diaryl/α,β-unsaturated/α-hetero) is 1. The van der Waals surface area contributed by atoms with Crippen molar-refractivity contribution >= 4 is 18.7 Å². The highest BCUT2D eigenvalue weighted by atomic mass is 16.5. The van der Waals surface area contributed by atoms with E-state index in [2.05, 4.69) is 40.7 Å². The van der Waals surface area contributed by atoms with Gasteiger partial charge < -0.3 is 14.8 Å². The van der Waals surface area contributed by atoms with Crippen LogP contribution in [0.15, 0.2) is 23.3 Å². The van der Waals surface area contributed by atoms with Crippen LogP contribution in [0.3, 0.4) is 0 Å². The molecule has 0 aromatic carbocycles. The SMILES string of the molecule is CC1(C)CC[C@]2(OCCB(O)O)CC[C@]3(C)[C@H](C(=O)C=C4[C@@]5(C)C=C(C#N)C(=O)C(C)(C)[C@@H]5CC[C@]43C)C2C1. The molecule has 1 unspecified atom stereocenters. The van der Waals surface area contributed by atoms with Crippen molar-refractivity contribution in [3.8, 4) is 6.07 Å². The number of rotatable bonds is 4. The Morgan fingerprint density at radius 1 is 1.03 bits per heavy atom. The van der Waals surface area contributed by atoms with E-state index >= 15 is 0 Å². The van der Waals surface area contributed by atoms with E-state index in [9.17, 15) is 24.9 Å². The quantitative estimate of drug-likeness (QED) is 0.464. The van der Waals surface area contributed by atoms with Crippen molar-refractivity contribution in [1.82, 2.24) is 0 Å². The van der Waals surface area contributed by atoms with E-state index in [1.54, 1.807) is 0 Å². The van der Waals surface area contributed by atoms with Crippen molar-refractivity contribution in [3.63, 3.8) is 0 Å². The van der Waals surface area contributed by atoms with Gasteiger partial charge in [0.05, 0.1) is 11.2 Å². The van der Waals surface area contributed by atoms with E-state index in [1.165, 1.54) is 0 Å². The van der Waals surface area contributed by atoms with Gasteiger partial charge in [-0.25, -0.2) is 0 Å². The lowest BCUT2D eigenvalue weighted by Crippen LogP contribution is -2.66. The Hall–Kier alpha value is -1.75. The zero-order chi connectivity index (χ0) is 28.8. The van der Waals surface area contributed by atoms with Crippen LogP contribution in [0.5, 0.6) is 0 Å². The van der Waals surface area contributed by atoms with Gasteiger partial charge in [-0.05, 0) is 79.1 Å². The number of allylic oxidation sites excluding steroid dienone is 4. The average Bonchev–Trinajstić information content (AvgIpc) is 2.83. The molecule has 5 aliphatic rings. The van der Waals surface area contributed by atoms with E-state index in [0.29, 0.717) is 0 Å². The molecule has 0 aliphatic heterocycles. The molecule has 0 saturated heterocycles. The molecule has 7 atom stereocenters. The molecule has 0 aromatic heterocycles. The second-order valence-corrected chi connectivity index (χ2v) is 15.4. The van der Waals surface area contributed by atoms with Crippen LogP contribution >= 0.6 is 0 Å². The first kappa shape index (κ1) is 28.8. The molecular formula is C32H46BNO5. The molecular weight excluding hydrogens is 489 g/mol. The number of hydrogen-bond donors (Lipinski definition) is 2. The molecule has 6 nitrogen and oxygen atoms in total. The topological polar surface area (TPSA) is 108 Å². The number of nitrogens with zero attached hydrogens (tertiary/aromatic N) is 1. The van der Waals surface area contributed by atoms with Crippen LogP contribution in [0.25, 0.3) is 0 Å². The third kappa shape index (κ3) is 3.91. The Kier molecular flexibility index (Phi) is 6.55. The summed E-state index contributed by atoms with van der Waals surface area (Å²) in [4.78, 5) is 27.7. The van der Waals surface area contributed by atoms with Crippen LogP contribution in [-0.4, -0.2) is 40.9 Å². The van der Waals surface area contributed by atoms with E-state index in [0.717, 1.165) is 50.5 Å². The summed E-state index contributed by atoms with van der Waals surface area (Å²) < 4.78 is 6.59. The smallest absolute Gasteiger partial charge is 0.427 e. The van der Waals surface area contributed by atoms with Crippen LogP contribution in [0.4, 0.5) is 0 Å². The first-order valence-electron chi connectivity index (χ1n) is 14.9. The Balaban J connectivity index is 1.63. The van der Waals surface area contributed by atoms with E-state index in [1.807, 2.05) is 26.0 Å². The van der Waals surface area contributed by atoms with Crippen LogP contribution < -0.4 is 0 Å². The van der Waals surface area contributed by atoms with Crippen LogP contribution in [0, 0.1) is 56.2 Å². The fraction of sp³-hybridized carbons (Fsp3) is 0.781. The van der Waals surface area contributed by atoms with E-state index < -0.39 is 23.5 Å². The van der Waals surface area contributed by atoms with E-state index in [-0.39, 0.29) is 64.1 Å². The molecule has 0 heterocycles. The molecule has 0 radical (unpaired) electrons. The maximum atomic E-state index is 14.4. The number of hydrogen-bond acceptors (Lipinski definition) is 6. The summed E-state index contributed by atoms with van der Waals surface area (Å²) in [5.41, 5.74) is -0.741. The molecule has 3 fully saturated rings. The Labute approximate surface area is 234 Å². The minimum Gasteiger partial charge on any atom is -0.427 e. The van der Waals surface area contributed by atoms with Crippen molar-refractivity contribution in [1.29, 1.82) is 5.26 Å². The second-order valence-electron chi connectivity index (χ2n) is 15.4. The molecule has 0 bridgehead atoms. The highest BCUT2D eigenvalue weighted by Gasteiger charge is 2.70. The van der Waals surface area contributed by atoms with Gasteiger partial charge in [-0.3, -0.25) is 9.59 Å². The van der Waals surface area contributed by atoms with E-state index in [4.69, 9.17) is 4.74 Å². The largest absolute Gasteiger partial charge is 0.453 e. The van der Waals surface area contributed by atoms with Crippen LogP contribution in [0.1, 0.15) is 93.4 Å². The van der Waals surface area contributed by atoms with Gasteiger partial charge in [-0.15, -0.1) is 0 Å². The molecule has 212 valence electrons. The molecule has 39 heavy (non-hydrogen) atoms. The van der Waals surface area contributed by atoms with Crippen molar-refractivity contribution in [2.45, 2.75) is 105 Å². The van der Waals surface area contributed by atoms with Crippen molar-refractivity contribution in [3.05, 3.63) is 23.3 Å². The number of ether oxygens (including phenoxy) is 1. The molecule has 3 saturated carbocycles. The number of nitriles is 1. The minimum atomic E-state index is -1.40. The summed E-state index contributed by atoms with van der Waals surface area (Å²) in [5.74, 6) is -0.0214. The third-order valence-corrected chi connectivity index (χ3v) is 12.5. The van der Waals surface area contributed by atoms with Crippen molar-refractivity contribution < 1.29 is 24.4 Å². The van der Waals surface area contributed by atoms with Gasteiger partial charge >= 0.3 is 7.12 Å². The van der Waals surface area contributed by atoms with Gasteiger partial charge in [-0.1, -0.05) is 60.1 Å². The minimum absolute atomic E-state index is 0.0337. The number of ketones is 2. The molecule has 2 N–H and O–H groups in total. The highest BCUT2D eigenvalue weighted by molar-refractivity contribution is 6.41. The third-order valence-electron chi connectivity index (χ3n) is 12.5. The van der Waals surface area contributed by atoms with Gasteiger partial charge in [0.1, 0.15) is 6.07 Å². The lowest BCUT2D eigenvalue weighted by atomic mass is 9.35. The maximum absolute atomic E-state index is 14.4. The fourth-order valence-corrected chi connectivity index (χ4v) is 10.2. The standard InChI is InChI=1S/C32H46BNO5/c1-27(2)10-12-32(39-15-14-33(37)38)13-11-31(7)25(21(32)18-27)22(35)16-24-29(5)17-20(19-34)26(36)28(3,4)23(29)8-9-30(24,31)6/h16-17,21,23,25,37-38H,8-15,18H2,1-7H3/t21?,23-,25-,29-,30+,31+,32-/m0/s1. The first-order valence-corrected chi connectivity index (χ1v) is 14.9. The van der Waals surface area contributed by atoms with Crippen LogP contribution in [-0.2, 0) is 14.3 Å². The summed E-state index contributed by atoms with van der Waals surface area (Å²) in [6.07, 6.45) is 10.3. The lowest BCUT2D eigenvalue weighted by Gasteiger charge is -2.69. The summed E-state index contributed by atoms with van der Waals surface area (Å²) in [5, 5.41) is 28.8. The van der Waals surface area contributed by atoms with Gasteiger partial charge in [0, 0.05) is 29.7 Å². The van der Waals surface area contributed by atoms with Crippen molar-refractivity contribution in [2.24, 2.45) is 44.8 Å². The molecule has 0 aromatic rings. The van der Waals surface area contributed by atoms with Gasteiger partial charge in [0.25, 0.3) is 0 Å². The van der Waals surface area contributed by atoms with Gasteiger partial charge in [0.2, 0.25) is 0 Å². The molecule has 5 rings (SSSR count). The predicted molar refractivity (Wildman–Crippen MR) is 150 cm³/mol. The molecule has 0 spiro atoms. The Bertz CT molecular complexity index is 1200. The van der Waals surface area contributed by atoms with Crippen LogP contribution in [0.2, 0.25) is 6.32 Å². The normalized spacial score (nSPS) is 44.1. The summed E-state index contributed by atoms with van der Waals surface area (Å²) in [7, 11) is -1.40.